The summed E-state index contributed by atoms with van der Waals surface area (Å²) in [6.45, 7) is 2.27. The summed E-state index contributed by atoms with van der Waals surface area (Å²) in [5, 5.41) is 20.8. The number of carboxylic acid groups (broad SMARTS) is 1. The van der Waals surface area contributed by atoms with Crippen molar-refractivity contribution in [2.45, 2.75) is 25.9 Å². The van der Waals surface area contributed by atoms with Crippen LogP contribution in [0.25, 0.3) is 0 Å². The predicted molar refractivity (Wildman–Crippen MR) is 72.9 cm³/mol. The van der Waals surface area contributed by atoms with E-state index in [2.05, 4.69) is 10.3 Å². The number of nitrogens with one attached hydrogen (secondary N) is 2. The number of nitrogens with zero attached hydrogens (tertiary/aromatic N) is 1. The summed E-state index contributed by atoms with van der Waals surface area (Å²) < 4.78 is 0. The molecule has 2 rings (SSSR count). The molecule has 2 amide bonds. The average molecular weight is 281 g/mol. The Balaban J connectivity index is 1.95. The van der Waals surface area contributed by atoms with Crippen molar-refractivity contribution < 1.29 is 19.8 Å². The van der Waals surface area contributed by atoms with Gasteiger partial charge < -0.3 is 25.4 Å². The van der Waals surface area contributed by atoms with E-state index in [4.69, 9.17) is 5.11 Å². The molecule has 0 aromatic carbocycles. The van der Waals surface area contributed by atoms with Crippen LogP contribution in [0.2, 0.25) is 0 Å². The number of hydrogen-bond donors (Lipinski definition) is 4. The molecule has 7 heteroatoms. The topological polar surface area (TPSA) is 106 Å². The number of H-pyrrole nitrogens is 1. The van der Waals surface area contributed by atoms with Gasteiger partial charge in [-0.2, -0.15) is 0 Å². The summed E-state index contributed by atoms with van der Waals surface area (Å²) in [6.07, 6.45) is 1.17. The molecule has 0 saturated heterocycles. The van der Waals surface area contributed by atoms with E-state index < -0.39 is 5.97 Å². The molecule has 1 heterocycles. The molecular formula is C13H19N3O4. The van der Waals surface area contributed by atoms with Crippen LogP contribution in [0.4, 0.5) is 10.5 Å². The first kappa shape index (κ1) is 14.4. The number of carbonyl (C=O) groups is 2. The van der Waals surface area contributed by atoms with E-state index >= 15 is 0 Å². The molecule has 0 radical (unpaired) electrons. The summed E-state index contributed by atoms with van der Waals surface area (Å²) in [4.78, 5) is 27.2. The van der Waals surface area contributed by atoms with E-state index in [1.54, 1.807) is 20.0 Å². The van der Waals surface area contributed by atoms with Crippen molar-refractivity contribution in [1.82, 2.24) is 9.88 Å². The minimum absolute atomic E-state index is 0.0247. The van der Waals surface area contributed by atoms with E-state index in [0.717, 1.165) is 0 Å². The maximum Gasteiger partial charge on any atom is 0.354 e. The molecule has 20 heavy (non-hydrogen) atoms. The lowest BCUT2D eigenvalue weighted by molar-refractivity contribution is 0.0332. The minimum atomic E-state index is -1.11. The fourth-order valence-electron chi connectivity index (χ4n) is 2.39. The minimum Gasteiger partial charge on any atom is -0.477 e. The van der Waals surface area contributed by atoms with E-state index in [0.29, 0.717) is 31.0 Å². The van der Waals surface area contributed by atoms with Crippen molar-refractivity contribution in [1.29, 1.82) is 0 Å². The van der Waals surface area contributed by atoms with Crippen molar-refractivity contribution in [3.8, 4) is 0 Å². The smallest absolute Gasteiger partial charge is 0.354 e. The van der Waals surface area contributed by atoms with Gasteiger partial charge in [0.25, 0.3) is 0 Å². The molecular weight excluding hydrogens is 262 g/mol. The number of rotatable bonds is 4. The SMILES string of the molecule is Cc1cc(NC(=O)N(C)CC2CC(O)C2)c(C(=O)O)[nH]1. The monoisotopic (exact) mass is 281 g/mol. The average Bonchev–Trinajstić information content (AvgIpc) is 2.68. The molecule has 1 aromatic heterocycles. The Hall–Kier alpha value is -2.02. The standard InChI is InChI=1S/C13H19N3O4/c1-7-3-10(11(14-7)12(18)19)15-13(20)16(2)6-8-4-9(17)5-8/h3,8-9,14,17H,4-6H2,1-2H3,(H,15,20)(H,18,19). The van der Waals surface area contributed by atoms with Crippen LogP contribution >= 0.6 is 0 Å². The van der Waals surface area contributed by atoms with E-state index in [1.807, 2.05) is 0 Å². The van der Waals surface area contributed by atoms with Crippen LogP contribution in [0.1, 0.15) is 29.0 Å². The molecule has 1 aliphatic carbocycles. The van der Waals surface area contributed by atoms with Gasteiger partial charge in [-0.15, -0.1) is 0 Å². The molecule has 0 spiro atoms. The van der Waals surface area contributed by atoms with E-state index in [9.17, 15) is 14.7 Å². The largest absolute Gasteiger partial charge is 0.477 e. The lowest BCUT2D eigenvalue weighted by Gasteiger charge is -2.34. The maximum atomic E-state index is 12.0. The maximum absolute atomic E-state index is 12.0. The van der Waals surface area contributed by atoms with Gasteiger partial charge in [0.2, 0.25) is 0 Å². The second-order valence-corrected chi connectivity index (χ2v) is 5.35. The molecule has 0 atom stereocenters. The number of aliphatic hydroxyl groups excluding tert-OH is 1. The number of amides is 2. The molecule has 0 bridgehead atoms. The highest BCUT2D eigenvalue weighted by atomic mass is 16.4. The number of hydrogen-bond acceptors (Lipinski definition) is 3. The number of aromatic carboxylic acids is 1. The number of anilines is 1. The molecule has 1 fully saturated rings. The van der Waals surface area contributed by atoms with E-state index in [-0.39, 0.29) is 23.5 Å². The summed E-state index contributed by atoms with van der Waals surface area (Å²) in [5.41, 5.74) is 0.909. The first-order valence-electron chi connectivity index (χ1n) is 6.50. The second kappa shape index (κ2) is 5.54. The Morgan fingerprint density at radius 2 is 2.15 bits per heavy atom. The van der Waals surface area contributed by atoms with Crippen molar-refractivity contribution in [2.75, 3.05) is 18.9 Å². The van der Waals surface area contributed by atoms with Crippen LogP contribution in [-0.2, 0) is 0 Å². The van der Waals surface area contributed by atoms with Crippen LogP contribution in [0.3, 0.4) is 0 Å². The number of carbonyl (C=O) groups excluding carboxylic acids is 1. The number of aromatic amines is 1. The van der Waals surface area contributed by atoms with Gasteiger partial charge in [-0.25, -0.2) is 9.59 Å². The van der Waals surface area contributed by atoms with Crippen LogP contribution < -0.4 is 5.32 Å². The summed E-state index contributed by atoms with van der Waals surface area (Å²) >= 11 is 0. The zero-order valence-corrected chi connectivity index (χ0v) is 11.5. The van der Waals surface area contributed by atoms with Gasteiger partial charge in [0, 0.05) is 19.3 Å². The first-order valence-corrected chi connectivity index (χ1v) is 6.50. The van der Waals surface area contributed by atoms with Crippen molar-refractivity contribution in [3.63, 3.8) is 0 Å². The third kappa shape index (κ3) is 3.11. The molecule has 1 aromatic rings. The summed E-state index contributed by atoms with van der Waals surface area (Å²) in [5.74, 6) is -0.800. The number of aliphatic hydroxyl groups is 1. The van der Waals surface area contributed by atoms with Gasteiger partial charge in [-0.05, 0) is 31.7 Å². The fourth-order valence-corrected chi connectivity index (χ4v) is 2.39. The molecule has 1 saturated carbocycles. The van der Waals surface area contributed by atoms with Gasteiger partial charge in [0.05, 0.1) is 11.8 Å². The van der Waals surface area contributed by atoms with Crippen LogP contribution in [0, 0.1) is 12.8 Å². The Morgan fingerprint density at radius 1 is 1.50 bits per heavy atom. The van der Waals surface area contributed by atoms with Gasteiger partial charge in [0.15, 0.2) is 0 Å². The van der Waals surface area contributed by atoms with Gasteiger partial charge >= 0.3 is 12.0 Å². The fraction of sp³-hybridized carbons (Fsp3) is 0.538. The normalized spacial score (nSPS) is 21.1. The first-order chi connectivity index (χ1) is 9.36. The Kier molecular flexibility index (Phi) is 3.99. The van der Waals surface area contributed by atoms with Crippen molar-refractivity contribution in [3.05, 3.63) is 17.5 Å². The van der Waals surface area contributed by atoms with Gasteiger partial charge in [-0.1, -0.05) is 0 Å². The lowest BCUT2D eigenvalue weighted by atomic mass is 9.82. The third-order valence-corrected chi connectivity index (χ3v) is 3.50. The molecule has 110 valence electrons. The molecule has 7 nitrogen and oxygen atoms in total. The molecule has 1 aliphatic rings. The zero-order chi connectivity index (χ0) is 14.9. The summed E-state index contributed by atoms with van der Waals surface area (Å²) in [7, 11) is 1.65. The Labute approximate surface area is 116 Å². The predicted octanol–water partition coefficient (Wildman–Crippen LogP) is 1.26. The summed E-state index contributed by atoms with van der Waals surface area (Å²) in [6, 6.07) is 1.23. The molecule has 0 aliphatic heterocycles. The zero-order valence-electron chi connectivity index (χ0n) is 11.5. The quantitative estimate of drug-likeness (QED) is 0.666. The van der Waals surface area contributed by atoms with Gasteiger partial charge in [0.1, 0.15) is 5.69 Å². The Bertz CT molecular complexity index is 520. The number of carboxylic acids is 1. The van der Waals surface area contributed by atoms with E-state index in [1.165, 1.54) is 4.90 Å². The number of aromatic nitrogens is 1. The van der Waals surface area contributed by atoms with Crippen LogP contribution in [0.15, 0.2) is 6.07 Å². The molecule has 0 unspecified atom stereocenters. The van der Waals surface area contributed by atoms with Crippen molar-refractivity contribution in [2.24, 2.45) is 5.92 Å². The Morgan fingerprint density at radius 3 is 2.70 bits per heavy atom. The third-order valence-electron chi connectivity index (χ3n) is 3.50. The highest BCUT2D eigenvalue weighted by Gasteiger charge is 2.29. The highest BCUT2D eigenvalue weighted by molar-refractivity contribution is 5.99. The van der Waals surface area contributed by atoms with Crippen LogP contribution in [0.5, 0.6) is 0 Å². The highest BCUT2D eigenvalue weighted by Crippen LogP contribution is 2.27. The van der Waals surface area contributed by atoms with Crippen molar-refractivity contribution >= 4 is 17.7 Å². The number of aryl methyl sites for hydroxylation is 1. The molecule has 4 N–H and O–H groups in total. The number of urea groups is 1. The van der Waals surface area contributed by atoms with Gasteiger partial charge in [-0.3, -0.25) is 0 Å². The lowest BCUT2D eigenvalue weighted by Crippen LogP contribution is -2.41. The van der Waals surface area contributed by atoms with Crippen LogP contribution in [-0.4, -0.2) is 51.8 Å². The second-order valence-electron chi connectivity index (χ2n) is 5.35.